The van der Waals surface area contributed by atoms with Crippen molar-refractivity contribution in [1.82, 2.24) is 0 Å². The van der Waals surface area contributed by atoms with Crippen LogP contribution in [0.2, 0.25) is 0 Å². The highest BCUT2D eigenvalue weighted by atomic mass is 32.2. The van der Waals surface area contributed by atoms with Gasteiger partial charge in [-0.15, -0.1) is 0 Å². The van der Waals surface area contributed by atoms with Gasteiger partial charge in [-0.25, -0.2) is 8.42 Å². The lowest BCUT2D eigenvalue weighted by molar-refractivity contribution is -0.0517. The second-order valence-corrected chi connectivity index (χ2v) is 13.8. The highest BCUT2D eigenvalue weighted by Crippen LogP contribution is 2.55. The Bertz CT molecular complexity index is 1090. The van der Waals surface area contributed by atoms with Crippen molar-refractivity contribution in [3.05, 3.63) is 103 Å². The molecule has 0 aromatic heterocycles. The Morgan fingerprint density at radius 2 is 1.05 bits per heavy atom. The maximum absolute atomic E-state index is 10.7. The van der Waals surface area contributed by atoms with E-state index in [1.165, 1.54) is 60.9 Å². The van der Waals surface area contributed by atoms with Crippen LogP contribution in [0.15, 0.2) is 103 Å². The van der Waals surface area contributed by atoms with Crippen molar-refractivity contribution < 1.29 is 26.1 Å². The minimum atomic E-state index is -6.09. The summed E-state index contributed by atoms with van der Waals surface area (Å²) >= 11 is 0. The first-order valence-corrected chi connectivity index (χ1v) is 16.2. The molecule has 0 radical (unpaired) electrons. The molecule has 0 fully saturated rings. The van der Waals surface area contributed by atoms with Gasteiger partial charge in [-0.1, -0.05) is 106 Å². The predicted molar refractivity (Wildman–Crippen MR) is 153 cm³/mol. The zero-order chi connectivity index (χ0) is 27.9. The summed E-state index contributed by atoms with van der Waals surface area (Å²) < 4.78 is 58.9. The van der Waals surface area contributed by atoms with E-state index in [2.05, 4.69) is 110 Å². The number of hydrogen-bond acceptors (Lipinski definition) is 3. The first kappa shape index (κ1) is 31.7. The topological polar surface area (TPSA) is 57.2 Å². The van der Waals surface area contributed by atoms with Crippen LogP contribution >= 0.6 is 7.26 Å². The summed E-state index contributed by atoms with van der Waals surface area (Å²) in [6.45, 7) is 2.28. The zero-order valence-electron chi connectivity index (χ0n) is 21.7. The van der Waals surface area contributed by atoms with Gasteiger partial charge in [-0.05, 0) is 49.2 Å². The van der Waals surface area contributed by atoms with Gasteiger partial charge in [-0.3, -0.25) is 0 Å². The molecule has 0 N–H and O–H groups in total. The van der Waals surface area contributed by atoms with E-state index >= 15 is 0 Å². The minimum absolute atomic E-state index is 1.08. The van der Waals surface area contributed by atoms with E-state index in [1.54, 1.807) is 0 Å². The van der Waals surface area contributed by atoms with E-state index < -0.39 is 22.9 Å². The summed E-state index contributed by atoms with van der Waals surface area (Å²) in [7, 11) is -7.80. The molecular weight excluding hydrogens is 528 g/mol. The molecule has 0 saturated heterocycles. The van der Waals surface area contributed by atoms with Crippen LogP contribution in [-0.4, -0.2) is 24.6 Å². The second kappa shape index (κ2) is 15.8. The van der Waals surface area contributed by atoms with Crippen molar-refractivity contribution in [3.63, 3.8) is 0 Å². The lowest BCUT2D eigenvalue weighted by atomic mass is 10.1. The number of halogens is 3. The second-order valence-electron chi connectivity index (χ2n) is 8.93. The first-order valence-electron chi connectivity index (χ1n) is 12.8. The Hall–Kier alpha value is -2.47. The van der Waals surface area contributed by atoms with E-state index in [4.69, 9.17) is 13.0 Å². The Morgan fingerprint density at radius 1 is 0.684 bits per heavy atom. The summed E-state index contributed by atoms with van der Waals surface area (Å²) in [4.78, 5) is 0. The Kier molecular flexibility index (Phi) is 13.2. The number of hydrogen-bond donors (Lipinski definition) is 0. The first-order chi connectivity index (χ1) is 18.1. The van der Waals surface area contributed by atoms with E-state index in [-0.39, 0.29) is 0 Å². The van der Waals surface area contributed by atoms with Gasteiger partial charge in [0.2, 0.25) is 0 Å². The number of benzene rings is 3. The fraction of sp³-hybridized carbons (Fsp3) is 0.333. The van der Waals surface area contributed by atoms with Gasteiger partial charge in [0.25, 0.3) is 0 Å². The molecule has 0 aliphatic rings. The highest BCUT2D eigenvalue weighted by Gasteiger charge is 2.44. The standard InChI is InChI=1S/C29H36P.CHF3O3S/c1-2-3-4-5-6-7-8-9-19-26-30(27-20-13-10-14-21-27,28-22-15-11-16-23-28)29-24-17-12-18-25-29;2-1(3,4)8(5,6)7/h9-25H,2-8,26H2,1H3;(H,5,6,7)/q+1;/p-1/b19-9+;. The van der Waals surface area contributed by atoms with Crippen LogP contribution in [-0.2, 0) is 10.1 Å². The molecule has 3 rings (SSSR count). The van der Waals surface area contributed by atoms with Crippen LogP contribution < -0.4 is 15.9 Å². The molecule has 3 aromatic carbocycles. The molecule has 3 nitrogen and oxygen atoms in total. The fourth-order valence-electron chi connectivity index (χ4n) is 4.20. The van der Waals surface area contributed by atoms with Crippen molar-refractivity contribution in [1.29, 1.82) is 0 Å². The maximum Gasteiger partial charge on any atom is 0.485 e. The van der Waals surface area contributed by atoms with Crippen LogP contribution in [0.5, 0.6) is 0 Å². The molecule has 0 aliphatic heterocycles. The summed E-state index contributed by atoms with van der Waals surface area (Å²) in [6, 6.07) is 33.5. The van der Waals surface area contributed by atoms with Crippen molar-refractivity contribution in [2.24, 2.45) is 0 Å². The average Bonchev–Trinajstić information content (AvgIpc) is 2.91. The normalized spacial score (nSPS) is 12.2. The van der Waals surface area contributed by atoms with E-state index in [0.717, 1.165) is 6.16 Å². The minimum Gasteiger partial charge on any atom is -0.741 e. The Morgan fingerprint density at radius 3 is 1.42 bits per heavy atom. The molecule has 0 heterocycles. The van der Waals surface area contributed by atoms with Crippen molar-refractivity contribution >= 4 is 33.3 Å². The SMILES string of the molecule is CCCCCCCC/C=C/C[P+](c1ccccc1)(c1ccccc1)c1ccccc1.O=S(=O)([O-])C(F)(F)F. The molecule has 0 atom stereocenters. The summed E-state index contributed by atoms with van der Waals surface area (Å²) in [5.41, 5.74) is -5.65. The quantitative estimate of drug-likeness (QED) is 0.0761. The Labute approximate surface area is 225 Å². The lowest BCUT2D eigenvalue weighted by Gasteiger charge is -2.26. The molecule has 0 saturated carbocycles. The monoisotopic (exact) mass is 564 g/mol. The number of alkyl halides is 3. The third-order valence-electron chi connectivity index (χ3n) is 6.14. The molecule has 8 heteroatoms. The molecule has 0 bridgehead atoms. The summed E-state index contributed by atoms with van der Waals surface area (Å²) in [6.07, 6.45) is 15.3. The summed E-state index contributed by atoms with van der Waals surface area (Å²) in [5.74, 6) is 0. The van der Waals surface area contributed by atoms with Crippen LogP contribution in [0, 0.1) is 0 Å². The number of unbranched alkanes of at least 4 members (excludes halogenated alkanes) is 6. The highest BCUT2D eigenvalue weighted by molar-refractivity contribution is 7.95. The maximum atomic E-state index is 10.7. The molecule has 206 valence electrons. The molecule has 0 amide bonds. The third kappa shape index (κ3) is 9.68. The zero-order valence-corrected chi connectivity index (χ0v) is 23.4. The fourth-order valence-corrected chi connectivity index (χ4v) is 8.24. The van der Waals surface area contributed by atoms with E-state index in [1.807, 2.05) is 0 Å². The molecule has 3 aromatic rings. The van der Waals surface area contributed by atoms with Crippen molar-refractivity contribution in [2.45, 2.75) is 57.4 Å². The lowest BCUT2D eigenvalue weighted by Crippen LogP contribution is -2.32. The van der Waals surface area contributed by atoms with Gasteiger partial charge in [0.15, 0.2) is 10.1 Å². The van der Waals surface area contributed by atoms with Crippen molar-refractivity contribution in [2.75, 3.05) is 6.16 Å². The van der Waals surface area contributed by atoms with E-state index in [9.17, 15) is 13.2 Å². The van der Waals surface area contributed by atoms with Gasteiger partial charge >= 0.3 is 5.51 Å². The van der Waals surface area contributed by atoms with Crippen molar-refractivity contribution in [3.8, 4) is 0 Å². The van der Waals surface area contributed by atoms with Gasteiger partial charge in [-0.2, -0.15) is 13.2 Å². The molecule has 0 spiro atoms. The molecule has 0 unspecified atom stereocenters. The van der Waals surface area contributed by atoms with Crippen LogP contribution in [0.4, 0.5) is 13.2 Å². The number of rotatable bonds is 12. The van der Waals surface area contributed by atoms with Gasteiger partial charge in [0, 0.05) is 0 Å². The van der Waals surface area contributed by atoms with Crippen LogP contribution in [0.1, 0.15) is 51.9 Å². The third-order valence-corrected chi connectivity index (χ3v) is 11.0. The number of allylic oxidation sites excluding steroid dienone is 2. The van der Waals surface area contributed by atoms with Crippen LogP contribution in [0.3, 0.4) is 0 Å². The molecule has 38 heavy (non-hydrogen) atoms. The molecular formula is C30H36F3O3PS. The van der Waals surface area contributed by atoms with Gasteiger partial charge in [0.1, 0.15) is 23.2 Å². The average molecular weight is 565 g/mol. The smallest absolute Gasteiger partial charge is 0.485 e. The largest absolute Gasteiger partial charge is 0.741 e. The predicted octanol–water partition coefficient (Wildman–Crippen LogP) is 7.34. The van der Waals surface area contributed by atoms with Gasteiger partial charge in [0.05, 0.1) is 6.16 Å². The Balaban J connectivity index is 0.000000550. The summed E-state index contributed by atoms with van der Waals surface area (Å²) in [5, 5.41) is 4.39. The van der Waals surface area contributed by atoms with Crippen LogP contribution in [0.25, 0.3) is 0 Å². The van der Waals surface area contributed by atoms with Gasteiger partial charge < -0.3 is 4.55 Å². The molecule has 0 aliphatic carbocycles. The van der Waals surface area contributed by atoms with E-state index in [0.29, 0.717) is 0 Å².